The van der Waals surface area contributed by atoms with Crippen LogP contribution in [-0.4, -0.2) is 51.9 Å². The van der Waals surface area contributed by atoms with Gasteiger partial charge in [0.1, 0.15) is 17.3 Å². The average Bonchev–Trinajstić information content (AvgIpc) is 3.25. The lowest BCUT2D eigenvalue weighted by molar-refractivity contribution is 0.0741. The Kier molecular flexibility index (Phi) is 3.49. The minimum atomic E-state index is 0.0646. The van der Waals surface area contributed by atoms with Crippen molar-refractivity contribution in [2.45, 2.75) is 6.92 Å². The van der Waals surface area contributed by atoms with Crippen LogP contribution in [0.3, 0.4) is 0 Å². The van der Waals surface area contributed by atoms with Crippen LogP contribution in [0, 0.1) is 6.92 Å². The Hall–Kier alpha value is -2.41. The van der Waals surface area contributed by atoms with Gasteiger partial charge in [-0.3, -0.25) is 4.79 Å². The van der Waals surface area contributed by atoms with Gasteiger partial charge in [0.05, 0.1) is 10.2 Å². The van der Waals surface area contributed by atoms with E-state index in [0.717, 1.165) is 34.9 Å². The molecule has 1 aliphatic heterocycles. The van der Waals surface area contributed by atoms with Crippen LogP contribution < -0.4 is 4.90 Å². The molecule has 6 nitrogen and oxygen atoms in total. The Labute approximate surface area is 137 Å². The average molecular weight is 327 g/mol. The molecule has 0 bridgehead atoms. The number of piperazine rings is 1. The summed E-state index contributed by atoms with van der Waals surface area (Å²) in [6.45, 7) is 4.90. The number of carbonyl (C=O) groups excluding carboxylic acids is 1. The number of nitrogens with one attached hydrogen (secondary N) is 1. The minimum absolute atomic E-state index is 0.0646. The van der Waals surface area contributed by atoms with Crippen LogP contribution in [0.15, 0.2) is 29.8 Å². The molecule has 0 unspecified atom stereocenters. The van der Waals surface area contributed by atoms with E-state index in [0.29, 0.717) is 18.8 Å². The van der Waals surface area contributed by atoms with Crippen molar-refractivity contribution in [3.05, 3.63) is 41.3 Å². The molecule has 0 aliphatic carbocycles. The molecule has 1 aliphatic rings. The number of anilines is 1. The SMILES string of the molecule is Cc1nc(N2CCN(C(=O)c3ccc[nH]3)CC2)c2sccc2n1. The van der Waals surface area contributed by atoms with E-state index in [2.05, 4.69) is 19.9 Å². The molecule has 4 rings (SSSR count). The second-order valence-corrected chi connectivity index (χ2v) is 6.51. The zero-order chi connectivity index (χ0) is 15.8. The summed E-state index contributed by atoms with van der Waals surface area (Å²) in [4.78, 5) is 28.6. The van der Waals surface area contributed by atoms with Crippen LogP contribution in [0.5, 0.6) is 0 Å². The molecule has 7 heteroatoms. The topological polar surface area (TPSA) is 65.1 Å². The molecule has 0 aromatic carbocycles. The van der Waals surface area contributed by atoms with E-state index in [1.807, 2.05) is 35.4 Å². The van der Waals surface area contributed by atoms with E-state index in [9.17, 15) is 4.79 Å². The van der Waals surface area contributed by atoms with E-state index < -0.39 is 0 Å². The first-order chi connectivity index (χ1) is 11.2. The lowest BCUT2D eigenvalue weighted by Crippen LogP contribution is -2.49. The van der Waals surface area contributed by atoms with Gasteiger partial charge < -0.3 is 14.8 Å². The number of aromatic amines is 1. The first kappa shape index (κ1) is 14.2. The standard InChI is InChI=1S/C16H17N5OS/c1-11-18-12-4-10-23-14(12)15(19-11)20-6-8-21(9-7-20)16(22)13-3-2-5-17-13/h2-5,10,17H,6-9H2,1H3. The normalized spacial score (nSPS) is 15.3. The number of H-pyrrole nitrogens is 1. The van der Waals surface area contributed by atoms with Crippen LogP contribution in [0.25, 0.3) is 10.2 Å². The number of nitrogens with zero attached hydrogens (tertiary/aromatic N) is 4. The summed E-state index contributed by atoms with van der Waals surface area (Å²) >= 11 is 1.67. The molecule has 3 aromatic rings. The van der Waals surface area contributed by atoms with Crippen molar-refractivity contribution < 1.29 is 4.79 Å². The molecular formula is C16H17N5OS. The maximum Gasteiger partial charge on any atom is 0.270 e. The van der Waals surface area contributed by atoms with E-state index in [4.69, 9.17) is 0 Å². The fourth-order valence-electron chi connectivity index (χ4n) is 2.93. The Morgan fingerprint density at radius 2 is 2.04 bits per heavy atom. The van der Waals surface area contributed by atoms with Crippen molar-refractivity contribution in [1.82, 2.24) is 19.9 Å². The third kappa shape index (κ3) is 2.57. The lowest BCUT2D eigenvalue weighted by Gasteiger charge is -2.35. The third-order valence-corrected chi connectivity index (χ3v) is 4.99. The molecule has 0 spiro atoms. The summed E-state index contributed by atoms with van der Waals surface area (Å²) in [6, 6.07) is 5.70. The van der Waals surface area contributed by atoms with E-state index in [1.54, 1.807) is 17.5 Å². The van der Waals surface area contributed by atoms with Gasteiger partial charge in [-0.2, -0.15) is 0 Å². The van der Waals surface area contributed by atoms with E-state index in [-0.39, 0.29) is 5.91 Å². The largest absolute Gasteiger partial charge is 0.357 e. The molecule has 4 heterocycles. The van der Waals surface area contributed by atoms with Gasteiger partial charge in [0.25, 0.3) is 5.91 Å². The van der Waals surface area contributed by atoms with Crippen LogP contribution >= 0.6 is 11.3 Å². The molecule has 0 radical (unpaired) electrons. The second-order valence-electron chi connectivity index (χ2n) is 5.59. The van der Waals surface area contributed by atoms with Crippen molar-refractivity contribution in [3.8, 4) is 0 Å². The molecule has 0 atom stereocenters. The van der Waals surface area contributed by atoms with Crippen molar-refractivity contribution in [1.29, 1.82) is 0 Å². The van der Waals surface area contributed by atoms with Gasteiger partial charge in [-0.05, 0) is 30.5 Å². The van der Waals surface area contributed by atoms with Crippen molar-refractivity contribution in [2.24, 2.45) is 0 Å². The van der Waals surface area contributed by atoms with Gasteiger partial charge in [0.2, 0.25) is 0 Å². The number of fused-ring (bicyclic) bond motifs is 1. The molecule has 3 aromatic heterocycles. The number of carbonyl (C=O) groups is 1. The number of hydrogen-bond acceptors (Lipinski definition) is 5. The number of aromatic nitrogens is 3. The maximum atomic E-state index is 12.4. The van der Waals surface area contributed by atoms with Crippen LogP contribution in [-0.2, 0) is 0 Å². The number of rotatable bonds is 2. The lowest BCUT2D eigenvalue weighted by atomic mass is 10.2. The first-order valence-electron chi connectivity index (χ1n) is 7.62. The van der Waals surface area contributed by atoms with Crippen LogP contribution in [0.4, 0.5) is 5.82 Å². The maximum absolute atomic E-state index is 12.4. The van der Waals surface area contributed by atoms with Gasteiger partial charge in [0, 0.05) is 32.4 Å². The Balaban J connectivity index is 1.53. The highest BCUT2D eigenvalue weighted by Gasteiger charge is 2.24. The minimum Gasteiger partial charge on any atom is -0.357 e. The van der Waals surface area contributed by atoms with Gasteiger partial charge in [-0.15, -0.1) is 11.3 Å². The summed E-state index contributed by atoms with van der Waals surface area (Å²) in [5.41, 5.74) is 1.65. The first-order valence-corrected chi connectivity index (χ1v) is 8.50. The second kappa shape index (κ2) is 5.66. The Morgan fingerprint density at radius 3 is 2.78 bits per heavy atom. The summed E-state index contributed by atoms with van der Waals surface area (Å²) in [5, 5.41) is 2.05. The van der Waals surface area contributed by atoms with Crippen molar-refractivity contribution >= 4 is 33.3 Å². The highest BCUT2D eigenvalue weighted by Crippen LogP contribution is 2.29. The predicted octanol–water partition coefficient (Wildman–Crippen LogP) is 2.29. The van der Waals surface area contributed by atoms with Crippen LogP contribution in [0.1, 0.15) is 16.3 Å². The predicted molar refractivity (Wildman–Crippen MR) is 91.1 cm³/mol. The van der Waals surface area contributed by atoms with Crippen molar-refractivity contribution in [2.75, 3.05) is 31.1 Å². The summed E-state index contributed by atoms with van der Waals surface area (Å²) < 4.78 is 1.12. The Bertz CT molecular complexity index is 833. The van der Waals surface area contributed by atoms with Gasteiger partial charge in [0.15, 0.2) is 0 Å². The smallest absolute Gasteiger partial charge is 0.270 e. The molecule has 1 saturated heterocycles. The van der Waals surface area contributed by atoms with Gasteiger partial charge in [-0.25, -0.2) is 9.97 Å². The van der Waals surface area contributed by atoms with Gasteiger partial charge >= 0.3 is 0 Å². The zero-order valence-electron chi connectivity index (χ0n) is 12.8. The van der Waals surface area contributed by atoms with Crippen LogP contribution in [0.2, 0.25) is 0 Å². The number of hydrogen-bond donors (Lipinski definition) is 1. The fourth-order valence-corrected chi connectivity index (χ4v) is 3.78. The quantitative estimate of drug-likeness (QED) is 0.784. The van der Waals surface area contributed by atoms with E-state index >= 15 is 0 Å². The molecule has 1 fully saturated rings. The summed E-state index contributed by atoms with van der Waals surface area (Å²) in [7, 11) is 0. The van der Waals surface area contributed by atoms with E-state index in [1.165, 1.54) is 0 Å². The molecule has 0 saturated carbocycles. The fraction of sp³-hybridized carbons (Fsp3) is 0.312. The molecular weight excluding hydrogens is 310 g/mol. The molecule has 1 N–H and O–H groups in total. The number of thiophene rings is 1. The summed E-state index contributed by atoms with van der Waals surface area (Å²) in [5.74, 6) is 1.85. The number of amides is 1. The monoisotopic (exact) mass is 327 g/mol. The highest BCUT2D eigenvalue weighted by molar-refractivity contribution is 7.17. The molecule has 1 amide bonds. The van der Waals surface area contributed by atoms with Crippen molar-refractivity contribution in [3.63, 3.8) is 0 Å². The number of aryl methyl sites for hydroxylation is 1. The molecule has 118 valence electrons. The highest BCUT2D eigenvalue weighted by atomic mass is 32.1. The summed E-state index contributed by atoms with van der Waals surface area (Å²) in [6.07, 6.45) is 1.78. The third-order valence-electron chi connectivity index (χ3n) is 4.09. The zero-order valence-corrected chi connectivity index (χ0v) is 13.6. The molecule has 23 heavy (non-hydrogen) atoms. The van der Waals surface area contributed by atoms with Gasteiger partial charge in [-0.1, -0.05) is 0 Å². The Morgan fingerprint density at radius 1 is 1.22 bits per heavy atom.